The van der Waals surface area contributed by atoms with Crippen LogP contribution in [0.25, 0.3) is 0 Å². The number of aryl methyl sites for hydroxylation is 2. The number of benzene rings is 1. The number of hydrogen-bond acceptors (Lipinski definition) is 3. The highest BCUT2D eigenvalue weighted by atomic mass is 35.5. The van der Waals surface area contributed by atoms with E-state index in [0.29, 0.717) is 12.2 Å². The molecule has 108 valence electrons. The average Bonchev–Trinajstić information content (AvgIpc) is 2.73. The SMILES string of the molecule is CCN(c1ccc(C)cc1)S(=O)(=O)c1ncn(C)c1Cl. The zero-order valence-electron chi connectivity index (χ0n) is 11.5. The maximum atomic E-state index is 12.6. The van der Waals surface area contributed by atoms with E-state index in [-0.39, 0.29) is 10.2 Å². The van der Waals surface area contributed by atoms with Crippen LogP contribution in [-0.4, -0.2) is 24.5 Å². The van der Waals surface area contributed by atoms with Crippen molar-refractivity contribution < 1.29 is 8.42 Å². The summed E-state index contributed by atoms with van der Waals surface area (Å²) in [4.78, 5) is 3.90. The quantitative estimate of drug-likeness (QED) is 0.872. The van der Waals surface area contributed by atoms with E-state index in [4.69, 9.17) is 11.6 Å². The van der Waals surface area contributed by atoms with Gasteiger partial charge < -0.3 is 4.57 Å². The summed E-state index contributed by atoms with van der Waals surface area (Å²) < 4.78 is 28.1. The highest BCUT2D eigenvalue weighted by Gasteiger charge is 2.29. The molecule has 0 aliphatic rings. The molecule has 0 bridgehead atoms. The van der Waals surface area contributed by atoms with E-state index in [2.05, 4.69) is 4.98 Å². The lowest BCUT2D eigenvalue weighted by Crippen LogP contribution is -2.31. The Labute approximate surface area is 123 Å². The average molecular weight is 314 g/mol. The molecule has 1 aromatic heterocycles. The molecule has 1 heterocycles. The van der Waals surface area contributed by atoms with Gasteiger partial charge in [0.1, 0.15) is 5.15 Å². The lowest BCUT2D eigenvalue weighted by atomic mass is 10.2. The lowest BCUT2D eigenvalue weighted by Gasteiger charge is -2.22. The molecule has 0 N–H and O–H groups in total. The van der Waals surface area contributed by atoms with Crippen molar-refractivity contribution in [1.29, 1.82) is 0 Å². The second kappa shape index (κ2) is 5.46. The fraction of sp³-hybridized carbons (Fsp3) is 0.308. The second-order valence-electron chi connectivity index (χ2n) is 4.46. The van der Waals surface area contributed by atoms with E-state index in [1.165, 1.54) is 15.2 Å². The van der Waals surface area contributed by atoms with E-state index in [1.54, 1.807) is 26.1 Å². The molecule has 0 radical (unpaired) electrons. The summed E-state index contributed by atoms with van der Waals surface area (Å²) in [5.41, 5.74) is 1.66. The summed E-state index contributed by atoms with van der Waals surface area (Å²) in [6, 6.07) is 7.28. The number of halogens is 1. The predicted octanol–water partition coefficient (Wildman–Crippen LogP) is 2.60. The Balaban J connectivity index is 2.50. The monoisotopic (exact) mass is 313 g/mol. The van der Waals surface area contributed by atoms with E-state index in [9.17, 15) is 8.42 Å². The van der Waals surface area contributed by atoms with E-state index >= 15 is 0 Å². The molecule has 2 aromatic rings. The number of imidazole rings is 1. The van der Waals surface area contributed by atoms with Crippen LogP contribution in [-0.2, 0) is 17.1 Å². The first-order valence-electron chi connectivity index (χ1n) is 6.14. The van der Waals surface area contributed by atoms with Crippen LogP contribution in [0.2, 0.25) is 5.15 Å². The first-order chi connectivity index (χ1) is 9.37. The maximum Gasteiger partial charge on any atom is 0.284 e. The zero-order valence-corrected chi connectivity index (χ0v) is 13.1. The van der Waals surface area contributed by atoms with Crippen LogP contribution in [0.1, 0.15) is 12.5 Å². The molecular weight excluding hydrogens is 298 g/mol. The van der Waals surface area contributed by atoms with Gasteiger partial charge in [0, 0.05) is 13.6 Å². The van der Waals surface area contributed by atoms with Crippen LogP contribution in [0, 0.1) is 6.92 Å². The third-order valence-electron chi connectivity index (χ3n) is 2.98. The summed E-state index contributed by atoms with van der Waals surface area (Å²) in [5.74, 6) is 0. The Bertz CT molecular complexity index is 708. The topological polar surface area (TPSA) is 55.2 Å². The van der Waals surface area contributed by atoms with Gasteiger partial charge in [-0.2, -0.15) is 8.42 Å². The largest absolute Gasteiger partial charge is 0.324 e. The summed E-state index contributed by atoms with van der Waals surface area (Å²) >= 11 is 6.00. The van der Waals surface area contributed by atoms with Gasteiger partial charge in [-0.15, -0.1) is 0 Å². The number of sulfonamides is 1. The molecule has 0 atom stereocenters. The van der Waals surface area contributed by atoms with Crippen molar-refractivity contribution in [2.75, 3.05) is 10.8 Å². The molecule has 5 nitrogen and oxygen atoms in total. The van der Waals surface area contributed by atoms with Crippen LogP contribution in [0.4, 0.5) is 5.69 Å². The Kier molecular flexibility index (Phi) is 4.06. The summed E-state index contributed by atoms with van der Waals surface area (Å²) in [6.45, 7) is 4.02. The molecule has 0 saturated carbocycles. The molecule has 0 aliphatic heterocycles. The van der Waals surface area contributed by atoms with Crippen molar-refractivity contribution in [2.45, 2.75) is 18.9 Å². The van der Waals surface area contributed by atoms with Crippen molar-refractivity contribution in [1.82, 2.24) is 9.55 Å². The molecule has 0 saturated heterocycles. The summed E-state index contributed by atoms with van der Waals surface area (Å²) in [7, 11) is -2.11. The van der Waals surface area contributed by atoms with Crippen LogP contribution in [0.15, 0.2) is 35.6 Å². The number of hydrogen-bond donors (Lipinski definition) is 0. The highest BCUT2D eigenvalue weighted by Crippen LogP contribution is 2.27. The molecule has 0 fully saturated rings. The Hall–Kier alpha value is -1.53. The third-order valence-corrected chi connectivity index (χ3v) is 5.37. The van der Waals surface area contributed by atoms with Crippen molar-refractivity contribution in [3.63, 3.8) is 0 Å². The number of aromatic nitrogens is 2. The molecule has 20 heavy (non-hydrogen) atoms. The minimum Gasteiger partial charge on any atom is -0.324 e. The van der Waals surface area contributed by atoms with E-state index < -0.39 is 10.0 Å². The molecule has 1 aromatic carbocycles. The predicted molar refractivity (Wildman–Crippen MR) is 79.6 cm³/mol. The van der Waals surface area contributed by atoms with Crippen LogP contribution in [0.5, 0.6) is 0 Å². The minimum atomic E-state index is -3.76. The zero-order chi connectivity index (χ0) is 14.9. The molecule has 0 spiro atoms. The minimum absolute atomic E-state index is 0.107. The second-order valence-corrected chi connectivity index (χ2v) is 6.59. The molecular formula is C13H16ClN3O2S. The number of nitrogens with zero attached hydrogens (tertiary/aromatic N) is 3. The molecule has 0 aliphatic carbocycles. The van der Waals surface area contributed by atoms with Gasteiger partial charge in [0.05, 0.1) is 12.0 Å². The van der Waals surface area contributed by atoms with Crippen LogP contribution in [0.3, 0.4) is 0 Å². The Morgan fingerprint density at radius 3 is 2.35 bits per heavy atom. The van der Waals surface area contributed by atoms with Gasteiger partial charge in [0.15, 0.2) is 0 Å². The Morgan fingerprint density at radius 1 is 1.30 bits per heavy atom. The lowest BCUT2D eigenvalue weighted by molar-refractivity contribution is 0.588. The van der Waals surface area contributed by atoms with Gasteiger partial charge in [0.25, 0.3) is 10.0 Å². The smallest absolute Gasteiger partial charge is 0.284 e. The third kappa shape index (κ3) is 2.53. The van der Waals surface area contributed by atoms with Gasteiger partial charge >= 0.3 is 0 Å². The van der Waals surface area contributed by atoms with E-state index in [1.807, 2.05) is 19.1 Å². The van der Waals surface area contributed by atoms with E-state index in [0.717, 1.165) is 5.56 Å². The fourth-order valence-corrected chi connectivity index (χ4v) is 3.74. The van der Waals surface area contributed by atoms with Crippen LogP contribution < -0.4 is 4.31 Å². The summed E-state index contributed by atoms with van der Waals surface area (Å²) in [5, 5.41) is -0.0142. The van der Waals surface area contributed by atoms with Gasteiger partial charge in [-0.3, -0.25) is 4.31 Å². The molecule has 0 amide bonds. The first kappa shape index (κ1) is 14.9. The number of anilines is 1. The van der Waals surface area contributed by atoms with Crippen molar-refractivity contribution in [3.8, 4) is 0 Å². The van der Waals surface area contributed by atoms with Gasteiger partial charge in [-0.25, -0.2) is 4.98 Å². The maximum absolute atomic E-state index is 12.6. The molecule has 7 heteroatoms. The fourth-order valence-electron chi connectivity index (χ4n) is 1.87. The van der Waals surface area contributed by atoms with Crippen molar-refractivity contribution >= 4 is 27.3 Å². The normalized spacial score (nSPS) is 11.6. The van der Waals surface area contributed by atoms with Crippen LogP contribution >= 0.6 is 11.6 Å². The first-order valence-corrected chi connectivity index (χ1v) is 7.96. The van der Waals surface area contributed by atoms with Gasteiger partial charge in [-0.05, 0) is 26.0 Å². The van der Waals surface area contributed by atoms with Crippen molar-refractivity contribution in [3.05, 3.63) is 41.3 Å². The highest BCUT2D eigenvalue weighted by molar-refractivity contribution is 7.92. The van der Waals surface area contributed by atoms with Gasteiger partial charge in [0.2, 0.25) is 5.03 Å². The molecule has 2 rings (SSSR count). The molecule has 0 unspecified atom stereocenters. The summed E-state index contributed by atoms with van der Waals surface area (Å²) in [6.07, 6.45) is 1.39. The Morgan fingerprint density at radius 2 is 1.90 bits per heavy atom. The van der Waals surface area contributed by atoms with Crippen molar-refractivity contribution in [2.24, 2.45) is 7.05 Å². The standard InChI is InChI=1S/C13H16ClN3O2S/c1-4-17(11-7-5-10(2)6-8-11)20(18,19)13-12(14)16(3)9-15-13/h5-9H,4H2,1-3H3. The van der Waals surface area contributed by atoms with Gasteiger partial charge in [-0.1, -0.05) is 29.3 Å². The number of rotatable bonds is 4.